The second-order valence-electron chi connectivity index (χ2n) is 4.75. The van der Waals surface area contributed by atoms with Crippen LogP contribution >= 0.6 is 0 Å². The van der Waals surface area contributed by atoms with Gasteiger partial charge in [-0.25, -0.2) is 0 Å². The SMILES string of the molecule is CCc1cccc(-c2c[nH]c3cccc(C)c23)c1. The molecule has 0 aliphatic heterocycles. The first kappa shape index (κ1) is 11.1. The molecule has 0 spiro atoms. The maximum atomic E-state index is 3.36. The maximum Gasteiger partial charge on any atom is 0.0463 e. The molecule has 0 aliphatic carbocycles. The largest absolute Gasteiger partial charge is 0.361 e. The van der Waals surface area contributed by atoms with Gasteiger partial charge in [0.1, 0.15) is 0 Å². The molecule has 0 unspecified atom stereocenters. The summed E-state index contributed by atoms with van der Waals surface area (Å²) in [6.45, 7) is 4.36. The van der Waals surface area contributed by atoms with E-state index in [9.17, 15) is 0 Å². The van der Waals surface area contributed by atoms with Crippen LogP contribution in [0.2, 0.25) is 0 Å². The van der Waals surface area contributed by atoms with Crippen LogP contribution in [0.25, 0.3) is 22.0 Å². The summed E-state index contributed by atoms with van der Waals surface area (Å²) >= 11 is 0. The van der Waals surface area contributed by atoms with Crippen LogP contribution in [0, 0.1) is 6.92 Å². The Morgan fingerprint density at radius 2 is 1.89 bits per heavy atom. The highest BCUT2D eigenvalue weighted by Crippen LogP contribution is 2.31. The van der Waals surface area contributed by atoms with E-state index in [0.717, 1.165) is 6.42 Å². The summed E-state index contributed by atoms with van der Waals surface area (Å²) in [4.78, 5) is 3.36. The molecular formula is C17H17N. The Labute approximate surface area is 107 Å². The Hall–Kier alpha value is -2.02. The molecule has 0 atom stereocenters. The van der Waals surface area contributed by atoms with Crippen LogP contribution in [0.1, 0.15) is 18.1 Å². The fourth-order valence-electron chi connectivity index (χ4n) is 2.55. The van der Waals surface area contributed by atoms with Gasteiger partial charge in [0.15, 0.2) is 0 Å². The number of fused-ring (bicyclic) bond motifs is 1. The minimum absolute atomic E-state index is 1.08. The highest BCUT2D eigenvalue weighted by atomic mass is 14.7. The number of H-pyrrole nitrogens is 1. The van der Waals surface area contributed by atoms with Crippen LogP contribution in [-0.2, 0) is 6.42 Å². The van der Waals surface area contributed by atoms with E-state index in [2.05, 4.69) is 67.5 Å². The van der Waals surface area contributed by atoms with Gasteiger partial charge in [-0.15, -0.1) is 0 Å². The summed E-state index contributed by atoms with van der Waals surface area (Å²) in [7, 11) is 0. The standard InChI is InChI=1S/C17H17N/c1-3-13-7-5-8-14(10-13)15-11-18-16-9-4-6-12(2)17(15)16/h4-11,18H,3H2,1-2H3. The maximum absolute atomic E-state index is 3.36. The van der Waals surface area contributed by atoms with Crippen molar-refractivity contribution in [2.75, 3.05) is 0 Å². The average Bonchev–Trinajstić information content (AvgIpc) is 2.84. The van der Waals surface area contributed by atoms with Crippen molar-refractivity contribution >= 4 is 10.9 Å². The lowest BCUT2D eigenvalue weighted by Crippen LogP contribution is -1.83. The third kappa shape index (κ3) is 1.72. The highest BCUT2D eigenvalue weighted by molar-refractivity contribution is 5.97. The highest BCUT2D eigenvalue weighted by Gasteiger charge is 2.08. The molecule has 2 aromatic carbocycles. The normalized spacial score (nSPS) is 11.0. The Bertz CT molecular complexity index is 692. The summed E-state index contributed by atoms with van der Waals surface area (Å²) in [6, 6.07) is 15.2. The molecule has 1 N–H and O–H groups in total. The number of hydrogen-bond acceptors (Lipinski definition) is 0. The second-order valence-corrected chi connectivity index (χ2v) is 4.75. The van der Waals surface area contributed by atoms with Crippen molar-refractivity contribution in [3.8, 4) is 11.1 Å². The van der Waals surface area contributed by atoms with Gasteiger partial charge in [-0.1, -0.05) is 43.3 Å². The monoisotopic (exact) mass is 235 g/mol. The summed E-state index contributed by atoms with van der Waals surface area (Å²) in [5.41, 5.74) is 6.53. The van der Waals surface area contributed by atoms with Crippen molar-refractivity contribution in [3.63, 3.8) is 0 Å². The molecule has 18 heavy (non-hydrogen) atoms. The lowest BCUT2D eigenvalue weighted by atomic mass is 9.99. The van der Waals surface area contributed by atoms with Crippen LogP contribution < -0.4 is 0 Å². The molecule has 1 heteroatoms. The Morgan fingerprint density at radius 1 is 1.06 bits per heavy atom. The molecule has 0 fully saturated rings. The minimum atomic E-state index is 1.08. The van der Waals surface area contributed by atoms with E-state index in [1.54, 1.807) is 0 Å². The van der Waals surface area contributed by atoms with Gasteiger partial charge in [0.25, 0.3) is 0 Å². The third-order valence-electron chi connectivity index (χ3n) is 3.56. The Kier molecular flexibility index (Phi) is 2.67. The molecule has 1 nitrogen and oxygen atoms in total. The first-order valence-corrected chi connectivity index (χ1v) is 6.45. The molecule has 3 aromatic rings. The minimum Gasteiger partial charge on any atom is -0.361 e. The van der Waals surface area contributed by atoms with Crippen molar-refractivity contribution in [3.05, 3.63) is 59.8 Å². The Balaban J connectivity index is 2.25. The van der Waals surface area contributed by atoms with Crippen molar-refractivity contribution in [1.82, 2.24) is 4.98 Å². The number of aromatic nitrogens is 1. The van der Waals surface area contributed by atoms with Crippen molar-refractivity contribution in [2.24, 2.45) is 0 Å². The molecule has 0 radical (unpaired) electrons. The molecule has 0 saturated heterocycles. The molecule has 3 rings (SSSR count). The van der Waals surface area contributed by atoms with E-state index in [4.69, 9.17) is 0 Å². The fraction of sp³-hybridized carbons (Fsp3) is 0.176. The number of hydrogen-bond donors (Lipinski definition) is 1. The zero-order valence-electron chi connectivity index (χ0n) is 10.8. The first-order chi connectivity index (χ1) is 8.79. The van der Waals surface area contributed by atoms with E-state index in [1.807, 2.05) is 0 Å². The van der Waals surface area contributed by atoms with Crippen LogP contribution in [0.4, 0.5) is 0 Å². The summed E-state index contributed by atoms with van der Waals surface area (Å²) in [5, 5.41) is 1.34. The number of aromatic amines is 1. The van der Waals surface area contributed by atoms with E-state index in [0.29, 0.717) is 0 Å². The fourth-order valence-corrected chi connectivity index (χ4v) is 2.55. The van der Waals surface area contributed by atoms with Crippen LogP contribution in [0.5, 0.6) is 0 Å². The molecule has 0 aliphatic rings. The molecule has 1 heterocycles. The van der Waals surface area contributed by atoms with Crippen molar-refractivity contribution in [1.29, 1.82) is 0 Å². The molecule has 0 saturated carbocycles. The van der Waals surface area contributed by atoms with Gasteiger partial charge in [-0.2, -0.15) is 0 Å². The van der Waals surface area contributed by atoms with E-state index in [-0.39, 0.29) is 0 Å². The zero-order chi connectivity index (χ0) is 12.5. The van der Waals surface area contributed by atoms with E-state index < -0.39 is 0 Å². The van der Waals surface area contributed by atoms with Crippen molar-refractivity contribution in [2.45, 2.75) is 20.3 Å². The molecule has 0 amide bonds. The summed E-state index contributed by atoms with van der Waals surface area (Å²) in [5.74, 6) is 0. The Morgan fingerprint density at radius 3 is 2.72 bits per heavy atom. The number of nitrogens with one attached hydrogen (secondary N) is 1. The zero-order valence-corrected chi connectivity index (χ0v) is 10.8. The van der Waals surface area contributed by atoms with Crippen molar-refractivity contribution < 1.29 is 0 Å². The van der Waals surface area contributed by atoms with Crippen LogP contribution in [0.15, 0.2) is 48.7 Å². The third-order valence-corrected chi connectivity index (χ3v) is 3.56. The lowest BCUT2D eigenvalue weighted by molar-refractivity contribution is 1.14. The van der Waals surface area contributed by atoms with Gasteiger partial charge in [0, 0.05) is 22.7 Å². The summed E-state index contributed by atoms with van der Waals surface area (Å²) in [6.07, 6.45) is 3.20. The summed E-state index contributed by atoms with van der Waals surface area (Å²) < 4.78 is 0. The van der Waals surface area contributed by atoms with Gasteiger partial charge in [0.2, 0.25) is 0 Å². The van der Waals surface area contributed by atoms with E-state index >= 15 is 0 Å². The van der Waals surface area contributed by atoms with Gasteiger partial charge in [0.05, 0.1) is 0 Å². The molecule has 1 aromatic heterocycles. The quantitative estimate of drug-likeness (QED) is 0.662. The van der Waals surface area contributed by atoms with Gasteiger partial charge >= 0.3 is 0 Å². The van der Waals surface area contributed by atoms with Gasteiger partial charge < -0.3 is 4.98 Å². The van der Waals surface area contributed by atoms with Gasteiger partial charge in [-0.3, -0.25) is 0 Å². The molecular weight excluding hydrogens is 218 g/mol. The lowest BCUT2D eigenvalue weighted by Gasteiger charge is -2.04. The van der Waals surface area contributed by atoms with E-state index in [1.165, 1.54) is 33.2 Å². The predicted molar refractivity (Wildman–Crippen MR) is 77.8 cm³/mol. The van der Waals surface area contributed by atoms with Gasteiger partial charge in [-0.05, 0) is 36.1 Å². The average molecular weight is 235 g/mol. The first-order valence-electron chi connectivity index (χ1n) is 6.45. The molecule has 0 bridgehead atoms. The number of rotatable bonds is 2. The van der Waals surface area contributed by atoms with Crippen LogP contribution in [-0.4, -0.2) is 4.98 Å². The number of aryl methyl sites for hydroxylation is 2. The topological polar surface area (TPSA) is 15.8 Å². The second kappa shape index (κ2) is 4.34. The predicted octanol–water partition coefficient (Wildman–Crippen LogP) is 4.71. The number of benzene rings is 2. The smallest absolute Gasteiger partial charge is 0.0463 e. The van der Waals surface area contributed by atoms with Crippen LogP contribution in [0.3, 0.4) is 0 Å². The molecule has 90 valence electrons.